The summed E-state index contributed by atoms with van der Waals surface area (Å²) in [6.45, 7) is 7.58. The maximum Gasteiger partial charge on any atom is 0.168 e. The number of hydrogen-bond donors (Lipinski definition) is 1. The molecule has 0 radical (unpaired) electrons. The molecule has 1 fully saturated rings. The molecule has 1 aliphatic carbocycles. The smallest absolute Gasteiger partial charge is 0.168 e. The van der Waals surface area contributed by atoms with Gasteiger partial charge in [0.25, 0.3) is 0 Å². The lowest BCUT2D eigenvalue weighted by atomic mass is 10.3. The van der Waals surface area contributed by atoms with Crippen molar-refractivity contribution in [3.05, 3.63) is 5.82 Å². The molecule has 1 N–H and O–H groups in total. The van der Waals surface area contributed by atoms with E-state index in [1.165, 1.54) is 12.8 Å². The molecule has 0 spiro atoms. The van der Waals surface area contributed by atoms with Crippen molar-refractivity contribution in [1.29, 1.82) is 0 Å². The van der Waals surface area contributed by atoms with Crippen LogP contribution >= 0.6 is 11.8 Å². The first-order chi connectivity index (χ1) is 8.18. The van der Waals surface area contributed by atoms with Crippen molar-refractivity contribution in [2.24, 2.45) is 0 Å². The van der Waals surface area contributed by atoms with Crippen molar-refractivity contribution in [1.82, 2.24) is 25.5 Å². The van der Waals surface area contributed by atoms with Crippen LogP contribution in [0.4, 0.5) is 0 Å². The molecular formula is C11H21N5S. The van der Waals surface area contributed by atoms with E-state index in [2.05, 4.69) is 41.6 Å². The number of nitrogens with one attached hydrogen (secondary N) is 1. The third-order valence-electron chi connectivity index (χ3n) is 2.80. The lowest BCUT2D eigenvalue weighted by molar-refractivity contribution is 0.503. The van der Waals surface area contributed by atoms with Crippen LogP contribution in [0.1, 0.15) is 51.5 Å². The molecule has 5 nitrogen and oxygen atoms in total. The largest absolute Gasteiger partial charge is 0.307 e. The summed E-state index contributed by atoms with van der Waals surface area (Å²) in [6.07, 6.45) is 2.43. The van der Waals surface area contributed by atoms with Crippen molar-refractivity contribution < 1.29 is 0 Å². The zero-order valence-corrected chi connectivity index (χ0v) is 11.6. The molecule has 0 bridgehead atoms. The van der Waals surface area contributed by atoms with Crippen LogP contribution in [-0.4, -0.2) is 37.8 Å². The zero-order chi connectivity index (χ0) is 12.3. The average Bonchev–Trinajstić information content (AvgIpc) is 3.02. The van der Waals surface area contributed by atoms with E-state index < -0.39 is 0 Å². The van der Waals surface area contributed by atoms with Crippen molar-refractivity contribution in [3.63, 3.8) is 0 Å². The summed E-state index contributed by atoms with van der Waals surface area (Å²) in [4.78, 5) is 0. The number of aromatic nitrogens is 4. The molecule has 1 heterocycles. The van der Waals surface area contributed by atoms with Gasteiger partial charge in [-0.1, -0.05) is 13.8 Å². The van der Waals surface area contributed by atoms with E-state index in [9.17, 15) is 0 Å². The van der Waals surface area contributed by atoms with Gasteiger partial charge in [-0.3, -0.25) is 0 Å². The maximum absolute atomic E-state index is 4.12. The number of nitrogens with zero attached hydrogens (tertiary/aromatic N) is 4. The minimum absolute atomic E-state index is 0.235. The maximum atomic E-state index is 4.12. The predicted molar refractivity (Wildman–Crippen MR) is 70.1 cm³/mol. The second-order valence-electron chi connectivity index (χ2n) is 4.81. The Morgan fingerprint density at radius 3 is 2.82 bits per heavy atom. The molecule has 1 aliphatic rings. The monoisotopic (exact) mass is 255 g/mol. The highest BCUT2D eigenvalue weighted by atomic mass is 32.2. The minimum Gasteiger partial charge on any atom is -0.307 e. The van der Waals surface area contributed by atoms with Gasteiger partial charge in [-0.25, -0.2) is 4.68 Å². The summed E-state index contributed by atoms with van der Waals surface area (Å²) < 4.78 is 1.98. The molecule has 0 saturated heterocycles. The number of rotatable bonds is 7. The molecule has 0 amide bonds. The zero-order valence-electron chi connectivity index (χ0n) is 10.8. The Morgan fingerprint density at radius 1 is 1.41 bits per heavy atom. The van der Waals surface area contributed by atoms with Gasteiger partial charge in [0.05, 0.1) is 12.1 Å². The van der Waals surface area contributed by atoms with Gasteiger partial charge in [-0.15, -0.1) is 5.10 Å². The van der Waals surface area contributed by atoms with E-state index in [1.54, 1.807) is 0 Å². The summed E-state index contributed by atoms with van der Waals surface area (Å²) in [5.41, 5.74) is 0. The van der Waals surface area contributed by atoms with Gasteiger partial charge >= 0.3 is 0 Å². The topological polar surface area (TPSA) is 55.6 Å². The molecule has 1 saturated carbocycles. The van der Waals surface area contributed by atoms with Crippen molar-refractivity contribution in [3.8, 4) is 0 Å². The van der Waals surface area contributed by atoms with Gasteiger partial charge in [0, 0.05) is 12.3 Å². The Labute approximate surface area is 107 Å². The van der Waals surface area contributed by atoms with E-state index in [4.69, 9.17) is 0 Å². The second kappa shape index (κ2) is 5.82. The third kappa shape index (κ3) is 3.67. The van der Waals surface area contributed by atoms with Gasteiger partial charge in [-0.2, -0.15) is 11.8 Å². The van der Waals surface area contributed by atoms with E-state index in [0.717, 1.165) is 18.1 Å². The number of thioether (sulfide) groups is 1. The van der Waals surface area contributed by atoms with Gasteiger partial charge in [0.2, 0.25) is 0 Å². The Kier molecular flexibility index (Phi) is 4.39. The first-order valence-corrected chi connectivity index (χ1v) is 7.36. The minimum atomic E-state index is 0.235. The van der Waals surface area contributed by atoms with Crippen molar-refractivity contribution in [2.45, 2.75) is 50.9 Å². The van der Waals surface area contributed by atoms with Crippen molar-refractivity contribution in [2.75, 3.05) is 12.3 Å². The van der Waals surface area contributed by atoms with E-state index in [1.807, 2.05) is 16.4 Å². The number of hydrogen-bond acceptors (Lipinski definition) is 5. The van der Waals surface area contributed by atoms with Crippen LogP contribution in [0.15, 0.2) is 0 Å². The average molecular weight is 255 g/mol. The normalized spacial score (nSPS) is 17.6. The fourth-order valence-electron chi connectivity index (χ4n) is 1.73. The Bertz CT molecular complexity index is 347. The molecule has 6 heteroatoms. The third-order valence-corrected chi connectivity index (χ3v) is 3.91. The molecule has 96 valence electrons. The number of tetrazole rings is 1. The summed E-state index contributed by atoms with van der Waals surface area (Å²) in [7, 11) is 0. The molecular weight excluding hydrogens is 234 g/mol. The molecule has 1 aromatic heterocycles. The van der Waals surface area contributed by atoms with Crippen LogP contribution in [0.5, 0.6) is 0 Å². The Balaban J connectivity index is 1.78. The van der Waals surface area contributed by atoms with Crippen LogP contribution in [-0.2, 0) is 0 Å². The predicted octanol–water partition coefficient (Wildman–Crippen LogP) is 1.80. The Morgan fingerprint density at radius 2 is 2.18 bits per heavy atom. The first-order valence-electron chi connectivity index (χ1n) is 6.31. The molecule has 2 rings (SSSR count). The summed E-state index contributed by atoms with van der Waals surface area (Å²) >= 11 is 1.97. The summed E-state index contributed by atoms with van der Waals surface area (Å²) in [6, 6.07) is 0.785. The van der Waals surface area contributed by atoms with Crippen LogP contribution in [0.25, 0.3) is 0 Å². The van der Waals surface area contributed by atoms with E-state index in [0.29, 0.717) is 11.3 Å². The standard InChI is InChI=1S/C11H21N5S/c1-8(2)17-7-6-12-9(3)11-13-14-15-16(11)10-4-5-10/h8-10,12H,4-7H2,1-3H3. The highest BCUT2D eigenvalue weighted by molar-refractivity contribution is 7.99. The first kappa shape index (κ1) is 12.8. The molecule has 1 atom stereocenters. The molecule has 1 aromatic rings. The highest BCUT2D eigenvalue weighted by Gasteiger charge is 2.29. The molecule has 17 heavy (non-hydrogen) atoms. The SMILES string of the molecule is CC(C)SCCNC(C)c1nnnn1C1CC1. The summed E-state index contributed by atoms with van der Waals surface area (Å²) in [5, 5.41) is 16.1. The van der Waals surface area contributed by atoms with Crippen molar-refractivity contribution >= 4 is 11.8 Å². The fraction of sp³-hybridized carbons (Fsp3) is 0.909. The molecule has 1 unspecified atom stereocenters. The Hall–Kier alpha value is -0.620. The summed E-state index contributed by atoms with van der Waals surface area (Å²) in [5.74, 6) is 2.11. The van der Waals surface area contributed by atoms with Gasteiger partial charge < -0.3 is 5.32 Å². The fourth-order valence-corrected chi connectivity index (χ4v) is 2.43. The quantitative estimate of drug-likeness (QED) is 0.753. The van der Waals surface area contributed by atoms with Crippen LogP contribution in [0.3, 0.4) is 0 Å². The van der Waals surface area contributed by atoms with Crippen LogP contribution in [0.2, 0.25) is 0 Å². The van der Waals surface area contributed by atoms with E-state index >= 15 is 0 Å². The van der Waals surface area contributed by atoms with Crippen LogP contribution in [0, 0.1) is 0 Å². The lowest BCUT2D eigenvalue weighted by Gasteiger charge is -2.13. The molecule has 0 aromatic carbocycles. The highest BCUT2D eigenvalue weighted by Crippen LogP contribution is 2.35. The lowest BCUT2D eigenvalue weighted by Crippen LogP contribution is -2.24. The van der Waals surface area contributed by atoms with Gasteiger partial charge in [-0.05, 0) is 35.4 Å². The van der Waals surface area contributed by atoms with Gasteiger partial charge in [0.15, 0.2) is 5.82 Å². The molecule has 0 aliphatic heterocycles. The van der Waals surface area contributed by atoms with E-state index in [-0.39, 0.29) is 6.04 Å². The second-order valence-corrected chi connectivity index (χ2v) is 6.49. The van der Waals surface area contributed by atoms with Gasteiger partial charge in [0.1, 0.15) is 0 Å². The van der Waals surface area contributed by atoms with Crippen LogP contribution < -0.4 is 5.32 Å².